The van der Waals surface area contributed by atoms with Crippen molar-refractivity contribution in [2.45, 2.75) is 18.8 Å². The standard InChI is InChI=1S/C15H19N3O5S/c1-16-15(18-20)13-5-3-4-11-10(6-7-12(11)13)8-17-24(21,22)9-14(19)23-2/h3-5,8,10,20H,6-7,9H2,1-2H3,(H,16,18). The van der Waals surface area contributed by atoms with Crippen molar-refractivity contribution in [1.29, 1.82) is 0 Å². The summed E-state index contributed by atoms with van der Waals surface area (Å²) in [7, 11) is -1.22. The second-order valence-electron chi connectivity index (χ2n) is 5.26. The van der Waals surface area contributed by atoms with Gasteiger partial charge in [0.15, 0.2) is 11.6 Å². The lowest BCUT2D eigenvalue weighted by Crippen LogP contribution is -2.21. The van der Waals surface area contributed by atoms with E-state index in [9.17, 15) is 13.2 Å². The smallest absolute Gasteiger partial charge is 0.322 e. The maximum absolute atomic E-state index is 11.8. The van der Waals surface area contributed by atoms with E-state index >= 15 is 0 Å². The van der Waals surface area contributed by atoms with E-state index in [0.29, 0.717) is 18.7 Å². The van der Waals surface area contributed by atoms with Crippen molar-refractivity contribution in [3.63, 3.8) is 0 Å². The average molecular weight is 353 g/mol. The fourth-order valence-electron chi connectivity index (χ4n) is 2.71. The Hall–Kier alpha value is -2.26. The second kappa shape index (κ2) is 7.54. The minimum Gasteiger partial charge on any atom is -0.468 e. The van der Waals surface area contributed by atoms with Crippen LogP contribution in [-0.2, 0) is 26.0 Å². The number of carbonyl (C=O) groups excluding carboxylic acids is 1. The molecular formula is C15H19N3O5S. The van der Waals surface area contributed by atoms with Crippen LogP contribution in [0.1, 0.15) is 29.0 Å². The van der Waals surface area contributed by atoms with Gasteiger partial charge < -0.3 is 4.74 Å². The highest BCUT2D eigenvalue weighted by molar-refractivity contribution is 7.90. The fourth-order valence-corrected chi connectivity index (χ4v) is 3.53. The molecule has 1 aliphatic carbocycles. The van der Waals surface area contributed by atoms with Crippen LogP contribution >= 0.6 is 0 Å². The third-order valence-corrected chi connectivity index (χ3v) is 4.87. The largest absolute Gasteiger partial charge is 0.468 e. The number of carbonyl (C=O) groups is 1. The molecule has 0 fully saturated rings. The number of benzene rings is 1. The molecule has 0 aromatic heterocycles. The first-order valence-corrected chi connectivity index (χ1v) is 8.86. The minimum absolute atomic E-state index is 0.177. The van der Waals surface area contributed by atoms with Crippen molar-refractivity contribution in [2.75, 3.05) is 19.9 Å². The van der Waals surface area contributed by atoms with Crippen molar-refractivity contribution in [3.8, 4) is 0 Å². The number of fused-ring (bicyclic) bond motifs is 1. The Labute approximate surface area is 140 Å². The summed E-state index contributed by atoms with van der Waals surface area (Å²) in [6.07, 6.45) is 2.75. The molecule has 0 aliphatic heterocycles. The molecular weight excluding hydrogens is 334 g/mol. The zero-order valence-electron chi connectivity index (χ0n) is 13.4. The first-order valence-electron chi connectivity index (χ1n) is 7.26. The molecule has 1 aromatic rings. The number of methoxy groups -OCH3 is 1. The van der Waals surface area contributed by atoms with Crippen LogP contribution in [0.4, 0.5) is 0 Å². The summed E-state index contributed by atoms with van der Waals surface area (Å²) in [6, 6.07) is 5.53. The van der Waals surface area contributed by atoms with Gasteiger partial charge in [-0.05, 0) is 24.0 Å². The van der Waals surface area contributed by atoms with Gasteiger partial charge in [-0.2, -0.15) is 4.40 Å². The molecule has 0 spiro atoms. The van der Waals surface area contributed by atoms with Crippen molar-refractivity contribution in [1.82, 2.24) is 5.48 Å². The van der Waals surface area contributed by atoms with Crippen molar-refractivity contribution < 1.29 is 23.2 Å². The summed E-state index contributed by atoms with van der Waals surface area (Å²) >= 11 is 0. The lowest BCUT2D eigenvalue weighted by atomic mass is 9.99. The summed E-state index contributed by atoms with van der Waals surface area (Å²) in [6.45, 7) is 0. The number of rotatable bonds is 5. The van der Waals surface area contributed by atoms with Gasteiger partial charge in [0.05, 0.1) is 7.11 Å². The molecule has 8 nitrogen and oxygen atoms in total. The number of ether oxygens (including phenoxy) is 1. The Bertz CT molecular complexity index is 786. The first-order chi connectivity index (χ1) is 11.4. The van der Waals surface area contributed by atoms with E-state index < -0.39 is 21.7 Å². The summed E-state index contributed by atoms with van der Waals surface area (Å²) in [5, 5.41) is 9.16. The SMILES string of the molecule is CN=C(NO)c1cccc2c1CCC2C=NS(=O)(=O)CC(=O)OC. The van der Waals surface area contributed by atoms with Crippen LogP contribution in [0, 0.1) is 0 Å². The predicted octanol–water partition coefficient (Wildman–Crippen LogP) is 0.645. The van der Waals surface area contributed by atoms with Gasteiger partial charge in [0.2, 0.25) is 0 Å². The molecule has 2 rings (SSSR count). The molecule has 0 heterocycles. The highest BCUT2D eigenvalue weighted by atomic mass is 32.2. The molecule has 24 heavy (non-hydrogen) atoms. The molecule has 1 unspecified atom stereocenters. The third kappa shape index (κ3) is 3.98. The number of hydrogen-bond donors (Lipinski definition) is 2. The van der Waals surface area contributed by atoms with Crippen LogP contribution in [0.5, 0.6) is 0 Å². The number of hydroxylamine groups is 1. The molecule has 0 saturated heterocycles. The van der Waals surface area contributed by atoms with Gasteiger partial charge >= 0.3 is 5.97 Å². The number of sulfonamides is 1. The van der Waals surface area contributed by atoms with Gasteiger partial charge in [0.25, 0.3) is 10.0 Å². The van der Waals surface area contributed by atoms with Crippen molar-refractivity contribution >= 4 is 28.0 Å². The van der Waals surface area contributed by atoms with Gasteiger partial charge in [-0.3, -0.25) is 20.5 Å². The number of nitrogens with one attached hydrogen (secondary N) is 1. The minimum atomic E-state index is -3.90. The van der Waals surface area contributed by atoms with Crippen molar-refractivity contribution in [3.05, 3.63) is 34.9 Å². The van der Waals surface area contributed by atoms with Gasteiger partial charge in [-0.1, -0.05) is 18.2 Å². The van der Waals surface area contributed by atoms with E-state index in [1.807, 2.05) is 18.2 Å². The third-order valence-electron chi connectivity index (χ3n) is 3.83. The summed E-state index contributed by atoms with van der Waals surface area (Å²) in [5.74, 6) is -1.45. The van der Waals surface area contributed by atoms with E-state index in [-0.39, 0.29) is 5.92 Å². The Morgan fingerprint density at radius 2 is 2.25 bits per heavy atom. The lowest BCUT2D eigenvalue weighted by Gasteiger charge is -2.11. The molecule has 1 aliphatic rings. The molecule has 2 N–H and O–H groups in total. The normalized spacial score (nSPS) is 17.8. The van der Waals surface area contributed by atoms with Gasteiger partial charge in [-0.15, -0.1) is 0 Å². The zero-order chi connectivity index (χ0) is 17.7. The Morgan fingerprint density at radius 3 is 2.88 bits per heavy atom. The molecule has 0 amide bonds. The van der Waals surface area contributed by atoms with Crippen LogP contribution in [0.2, 0.25) is 0 Å². The monoisotopic (exact) mass is 353 g/mol. The van der Waals surface area contributed by atoms with Crippen LogP contribution in [0.25, 0.3) is 0 Å². The van der Waals surface area contributed by atoms with E-state index in [2.05, 4.69) is 19.6 Å². The Balaban J connectivity index is 2.26. The quantitative estimate of drug-likeness (QED) is 0.347. The highest BCUT2D eigenvalue weighted by Gasteiger charge is 2.25. The molecule has 130 valence electrons. The second-order valence-corrected chi connectivity index (χ2v) is 6.92. The van der Waals surface area contributed by atoms with Gasteiger partial charge in [0.1, 0.15) is 0 Å². The van der Waals surface area contributed by atoms with E-state index in [1.54, 1.807) is 7.05 Å². The molecule has 9 heteroatoms. The topological polar surface area (TPSA) is 117 Å². The van der Waals surface area contributed by atoms with Gasteiger partial charge in [-0.25, -0.2) is 8.42 Å². The number of aliphatic imine (C=N–C) groups is 1. The lowest BCUT2D eigenvalue weighted by molar-refractivity contribution is -0.137. The predicted molar refractivity (Wildman–Crippen MR) is 89.2 cm³/mol. The van der Waals surface area contributed by atoms with E-state index in [0.717, 1.165) is 23.8 Å². The number of amidine groups is 1. The molecule has 0 saturated carbocycles. The maximum atomic E-state index is 11.8. The summed E-state index contributed by atoms with van der Waals surface area (Å²) in [4.78, 5) is 15.1. The number of nitrogens with zero attached hydrogens (tertiary/aromatic N) is 2. The van der Waals surface area contributed by atoms with Crippen molar-refractivity contribution in [2.24, 2.45) is 9.39 Å². The summed E-state index contributed by atoms with van der Waals surface area (Å²) < 4.78 is 31.5. The zero-order valence-corrected chi connectivity index (χ0v) is 14.2. The van der Waals surface area contributed by atoms with Crippen LogP contribution in [-0.4, -0.2) is 51.6 Å². The highest BCUT2D eigenvalue weighted by Crippen LogP contribution is 2.34. The maximum Gasteiger partial charge on any atom is 0.322 e. The molecule has 0 bridgehead atoms. The molecule has 1 atom stereocenters. The molecule has 1 aromatic carbocycles. The fraction of sp³-hybridized carbons (Fsp3) is 0.400. The summed E-state index contributed by atoms with van der Waals surface area (Å²) in [5.41, 5.74) is 4.75. The van der Waals surface area contributed by atoms with Gasteiger partial charge in [0, 0.05) is 24.7 Å². The van der Waals surface area contributed by atoms with Crippen LogP contribution in [0.3, 0.4) is 0 Å². The van der Waals surface area contributed by atoms with E-state index in [4.69, 9.17) is 5.21 Å². The number of esters is 1. The van der Waals surface area contributed by atoms with Crippen LogP contribution < -0.4 is 5.48 Å². The first kappa shape index (κ1) is 18.1. The average Bonchev–Trinajstić information content (AvgIpc) is 2.97. The molecule has 0 radical (unpaired) electrons. The van der Waals surface area contributed by atoms with E-state index in [1.165, 1.54) is 6.21 Å². The Morgan fingerprint density at radius 1 is 1.50 bits per heavy atom. The van der Waals surface area contributed by atoms with Crippen LogP contribution in [0.15, 0.2) is 27.6 Å². The Kier molecular flexibility index (Phi) is 5.68. The number of hydrogen-bond acceptors (Lipinski definition) is 6.